The van der Waals surface area contributed by atoms with Gasteiger partial charge in [0.1, 0.15) is 17.9 Å². The van der Waals surface area contributed by atoms with Gasteiger partial charge < -0.3 is 15.0 Å². The number of benzene rings is 2. The fourth-order valence-corrected chi connectivity index (χ4v) is 3.02. The van der Waals surface area contributed by atoms with E-state index in [1.165, 1.54) is 11.9 Å². The monoisotopic (exact) mass is 345 g/mol. The van der Waals surface area contributed by atoms with Gasteiger partial charge in [-0.2, -0.15) is 0 Å². The van der Waals surface area contributed by atoms with Crippen LogP contribution in [0.25, 0.3) is 22.6 Å². The van der Waals surface area contributed by atoms with Gasteiger partial charge in [-0.25, -0.2) is 15.0 Å². The van der Waals surface area contributed by atoms with Crippen LogP contribution >= 0.6 is 0 Å². The Hall–Kier alpha value is -3.41. The summed E-state index contributed by atoms with van der Waals surface area (Å²) in [5, 5.41) is 0. The summed E-state index contributed by atoms with van der Waals surface area (Å²) < 4.78 is 7.31. The number of imidazole rings is 1. The lowest BCUT2D eigenvalue weighted by atomic mass is 10.1. The van der Waals surface area contributed by atoms with Gasteiger partial charge in [-0.05, 0) is 30.7 Å². The van der Waals surface area contributed by atoms with Gasteiger partial charge in [-0.3, -0.25) is 0 Å². The molecular weight excluding hydrogens is 326 g/mol. The van der Waals surface area contributed by atoms with Crippen LogP contribution in [0.5, 0.6) is 5.75 Å². The van der Waals surface area contributed by atoms with E-state index in [1.807, 2.05) is 36.4 Å². The number of anilines is 1. The highest BCUT2D eigenvalue weighted by molar-refractivity contribution is 5.85. The first-order chi connectivity index (χ1) is 12.7. The molecule has 6 nitrogen and oxygen atoms in total. The summed E-state index contributed by atoms with van der Waals surface area (Å²) in [5.74, 6) is 2.04. The Morgan fingerprint density at radius 3 is 2.62 bits per heavy atom. The van der Waals surface area contributed by atoms with Crippen LogP contribution in [0.2, 0.25) is 0 Å². The van der Waals surface area contributed by atoms with E-state index in [0.29, 0.717) is 17.9 Å². The molecule has 0 bridgehead atoms. The Morgan fingerprint density at radius 1 is 1.08 bits per heavy atom. The Kier molecular flexibility index (Phi) is 4.01. The molecule has 0 atom stereocenters. The van der Waals surface area contributed by atoms with E-state index < -0.39 is 0 Å². The molecule has 2 aromatic heterocycles. The maximum atomic E-state index is 6.03. The minimum Gasteiger partial charge on any atom is -0.497 e. The highest BCUT2D eigenvalue weighted by Crippen LogP contribution is 2.27. The molecule has 0 unspecified atom stereocenters. The number of hydrogen-bond acceptors (Lipinski definition) is 5. The minimum atomic E-state index is 0.386. The second-order valence-corrected chi connectivity index (χ2v) is 6.17. The molecule has 0 amide bonds. The summed E-state index contributed by atoms with van der Waals surface area (Å²) in [4.78, 5) is 13.2. The molecule has 2 aromatic carbocycles. The fraction of sp³-hybridized carbons (Fsp3) is 0.150. The zero-order valence-corrected chi connectivity index (χ0v) is 14.7. The molecule has 2 N–H and O–H groups in total. The van der Waals surface area contributed by atoms with Crippen LogP contribution in [0.3, 0.4) is 0 Å². The number of nitrogen functional groups attached to an aromatic ring is 1. The molecule has 0 aliphatic carbocycles. The second kappa shape index (κ2) is 6.48. The Balaban J connectivity index is 1.87. The molecule has 4 aromatic rings. The Bertz CT molecular complexity index is 1070. The zero-order valence-electron chi connectivity index (χ0n) is 14.7. The number of hydrogen-bond donors (Lipinski definition) is 1. The predicted molar refractivity (Wildman–Crippen MR) is 102 cm³/mol. The highest BCUT2D eigenvalue weighted by atomic mass is 16.5. The van der Waals surface area contributed by atoms with Gasteiger partial charge in [-0.15, -0.1) is 0 Å². The standard InChI is InChI=1S/C20H19N5O/c1-13-4-3-5-15(10-13)19-24-17-18(21)22-12-23-20(17)25(19)11-14-6-8-16(26-2)9-7-14/h3-10,12H,11H2,1-2H3,(H2,21,22,23). The van der Waals surface area contributed by atoms with Crippen molar-refractivity contribution in [3.05, 3.63) is 66.0 Å². The number of fused-ring (bicyclic) bond motifs is 1. The number of nitrogens with zero attached hydrogens (tertiary/aromatic N) is 4. The van der Waals surface area contributed by atoms with Crippen LogP contribution in [-0.4, -0.2) is 26.6 Å². The molecule has 0 aliphatic rings. The first kappa shape index (κ1) is 16.1. The smallest absolute Gasteiger partial charge is 0.166 e. The lowest BCUT2D eigenvalue weighted by Crippen LogP contribution is -2.04. The number of rotatable bonds is 4. The minimum absolute atomic E-state index is 0.386. The summed E-state index contributed by atoms with van der Waals surface area (Å²) in [6.45, 7) is 2.69. The molecule has 130 valence electrons. The summed E-state index contributed by atoms with van der Waals surface area (Å²) in [5.41, 5.74) is 10.7. The van der Waals surface area contributed by atoms with Gasteiger partial charge in [0, 0.05) is 5.56 Å². The average molecular weight is 345 g/mol. The topological polar surface area (TPSA) is 78.9 Å². The molecule has 26 heavy (non-hydrogen) atoms. The van der Waals surface area contributed by atoms with Crippen molar-refractivity contribution in [2.75, 3.05) is 12.8 Å². The maximum absolute atomic E-state index is 6.03. The van der Waals surface area contributed by atoms with E-state index in [1.54, 1.807) is 7.11 Å². The number of aryl methyl sites for hydroxylation is 1. The number of ether oxygens (including phenoxy) is 1. The van der Waals surface area contributed by atoms with E-state index in [9.17, 15) is 0 Å². The molecule has 2 heterocycles. The van der Waals surface area contributed by atoms with Gasteiger partial charge in [0.15, 0.2) is 17.0 Å². The fourth-order valence-electron chi connectivity index (χ4n) is 3.02. The van der Waals surface area contributed by atoms with E-state index in [-0.39, 0.29) is 0 Å². The van der Waals surface area contributed by atoms with Crippen LogP contribution in [0.4, 0.5) is 5.82 Å². The lowest BCUT2D eigenvalue weighted by molar-refractivity contribution is 0.414. The van der Waals surface area contributed by atoms with E-state index >= 15 is 0 Å². The molecular formula is C20H19N5O. The average Bonchev–Trinajstić information content (AvgIpc) is 3.02. The van der Waals surface area contributed by atoms with Gasteiger partial charge in [0.2, 0.25) is 0 Å². The van der Waals surface area contributed by atoms with Crippen molar-refractivity contribution in [3.63, 3.8) is 0 Å². The number of aromatic nitrogens is 4. The summed E-state index contributed by atoms with van der Waals surface area (Å²) in [6.07, 6.45) is 1.48. The van der Waals surface area contributed by atoms with Gasteiger partial charge in [-0.1, -0.05) is 35.9 Å². The summed E-state index contributed by atoms with van der Waals surface area (Å²) in [6, 6.07) is 16.2. The third-order valence-corrected chi connectivity index (χ3v) is 4.34. The Morgan fingerprint density at radius 2 is 1.88 bits per heavy atom. The first-order valence-electron chi connectivity index (χ1n) is 8.32. The molecule has 4 rings (SSSR count). The third-order valence-electron chi connectivity index (χ3n) is 4.34. The van der Waals surface area contributed by atoms with Gasteiger partial charge in [0.25, 0.3) is 0 Å². The van der Waals surface area contributed by atoms with Crippen molar-refractivity contribution in [1.29, 1.82) is 0 Å². The largest absolute Gasteiger partial charge is 0.497 e. The molecule has 0 fully saturated rings. The zero-order chi connectivity index (χ0) is 18.1. The van der Waals surface area contributed by atoms with E-state index in [2.05, 4.69) is 33.6 Å². The lowest BCUT2D eigenvalue weighted by Gasteiger charge is -2.10. The van der Waals surface area contributed by atoms with Crippen LogP contribution in [-0.2, 0) is 6.54 Å². The van der Waals surface area contributed by atoms with Crippen molar-refractivity contribution in [2.45, 2.75) is 13.5 Å². The third kappa shape index (κ3) is 2.86. The van der Waals surface area contributed by atoms with Crippen LogP contribution in [0, 0.1) is 6.92 Å². The van der Waals surface area contributed by atoms with Crippen LogP contribution in [0.1, 0.15) is 11.1 Å². The van der Waals surface area contributed by atoms with Gasteiger partial charge >= 0.3 is 0 Å². The molecule has 6 heteroatoms. The first-order valence-corrected chi connectivity index (χ1v) is 8.32. The van der Waals surface area contributed by atoms with Crippen molar-refractivity contribution in [3.8, 4) is 17.1 Å². The molecule has 0 radical (unpaired) electrons. The summed E-state index contributed by atoms with van der Waals surface area (Å²) >= 11 is 0. The molecule has 0 spiro atoms. The van der Waals surface area contributed by atoms with E-state index in [0.717, 1.165) is 28.3 Å². The van der Waals surface area contributed by atoms with Crippen molar-refractivity contribution in [2.24, 2.45) is 0 Å². The van der Waals surface area contributed by atoms with Crippen molar-refractivity contribution < 1.29 is 4.74 Å². The number of nitrogens with two attached hydrogens (primary N) is 1. The van der Waals surface area contributed by atoms with Crippen molar-refractivity contribution in [1.82, 2.24) is 19.5 Å². The molecule has 0 saturated heterocycles. The SMILES string of the molecule is COc1ccc(Cn2c(-c3cccc(C)c3)nc3c(N)ncnc32)cc1. The van der Waals surface area contributed by atoms with Crippen LogP contribution < -0.4 is 10.5 Å². The van der Waals surface area contributed by atoms with Crippen molar-refractivity contribution >= 4 is 17.0 Å². The second-order valence-electron chi connectivity index (χ2n) is 6.17. The highest BCUT2D eigenvalue weighted by Gasteiger charge is 2.16. The predicted octanol–water partition coefficient (Wildman–Crippen LogP) is 3.44. The van der Waals surface area contributed by atoms with E-state index in [4.69, 9.17) is 15.5 Å². The maximum Gasteiger partial charge on any atom is 0.166 e. The number of methoxy groups -OCH3 is 1. The molecule has 0 aliphatic heterocycles. The quantitative estimate of drug-likeness (QED) is 0.613. The molecule has 0 saturated carbocycles. The van der Waals surface area contributed by atoms with Crippen LogP contribution in [0.15, 0.2) is 54.9 Å². The summed E-state index contributed by atoms with van der Waals surface area (Å²) in [7, 11) is 1.66. The Labute approximate surface area is 151 Å². The normalized spacial score (nSPS) is 11.0. The van der Waals surface area contributed by atoms with Gasteiger partial charge in [0.05, 0.1) is 13.7 Å².